The lowest BCUT2D eigenvalue weighted by molar-refractivity contribution is -0.141. The van der Waals surface area contributed by atoms with Crippen LogP contribution in [0.5, 0.6) is 0 Å². The maximum absolute atomic E-state index is 11.6. The van der Waals surface area contributed by atoms with Crippen molar-refractivity contribution in [3.8, 4) is 0 Å². The Labute approximate surface area is 104 Å². The molecular weight excluding hydrogens is 276 g/mol. The van der Waals surface area contributed by atoms with Gasteiger partial charge in [-0.3, -0.25) is 0 Å². The van der Waals surface area contributed by atoms with E-state index in [2.05, 4.69) is 15.9 Å². The zero-order chi connectivity index (χ0) is 12.6. The lowest BCUT2D eigenvalue weighted by Crippen LogP contribution is -2.14. The lowest BCUT2D eigenvalue weighted by atomic mass is 10.1. The summed E-state index contributed by atoms with van der Waals surface area (Å²) in [4.78, 5) is 23.0. The standard InChI is InChI=1S/C11H17BrO4/c1-4-7-8(10(13)15-5-2)9(12)11(14)16-6-3/h4-7H2,1-3H3/b9-8+. The van der Waals surface area contributed by atoms with Crippen LogP contribution in [0.2, 0.25) is 0 Å². The molecule has 0 atom stereocenters. The number of halogens is 1. The fourth-order valence-corrected chi connectivity index (χ4v) is 1.56. The number of esters is 2. The first-order valence-corrected chi connectivity index (χ1v) is 6.10. The average Bonchev–Trinajstić information content (AvgIpc) is 2.25. The Kier molecular flexibility index (Phi) is 7.89. The highest BCUT2D eigenvalue weighted by atomic mass is 79.9. The van der Waals surface area contributed by atoms with Crippen molar-refractivity contribution in [1.29, 1.82) is 0 Å². The number of hydrogen-bond donors (Lipinski definition) is 0. The molecule has 0 heterocycles. The van der Waals surface area contributed by atoms with Crippen molar-refractivity contribution < 1.29 is 19.1 Å². The second-order valence-corrected chi connectivity index (χ2v) is 3.78. The van der Waals surface area contributed by atoms with Gasteiger partial charge in [-0.1, -0.05) is 13.3 Å². The predicted octanol–water partition coefficient (Wildman–Crippen LogP) is 2.56. The van der Waals surface area contributed by atoms with Crippen molar-refractivity contribution in [1.82, 2.24) is 0 Å². The van der Waals surface area contributed by atoms with Crippen molar-refractivity contribution in [3.63, 3.8) is 0 Å². The van der Waals surface area contributed by atoms with Gasteiger partial charge in [0, 0.05) is 0 Å². The summed E-state index contributed by atoms with van der Waals surface area (Å²) < 4.78 is 9.84. The molecule has 0 aromatic carbocycles. The Morgan fingerprint density at radius 2 is 1.50 bits per heavy atom. The molecule has 0 aromatic heterocycles. The fourth-order valence-electron chi connectivity index (χ4n) is 1.09. The smallest absolute Gasteiger partial charge is 0.345 e. The van der Waals surface area contributed by atoms with Gasteiger partial charge < -0.3 is 9.47 Å². The Morgan fingerprint density at radius 1 is 1.00 bits per heavy atom. The third-order valence-corrected chi connectivity index (χ3v) is 2.54. The zero-order valence-electron chi connectivity index (χ0n) is 9.84. The number of rotatable bonds is 6. The van der Waals surface area contributed by atoms with E-state index in [1.54, 1.807) is 13.8 Å². The summed E-state index contributed by atoms with van der Waals surface area (Å²) in [7, 11) is 0. The molecule has 0 unspecified atom stereocenters. The van der Waals surface area contributed by atoms with Crippen LogP contribution >= 0.6 is 15.9 Å². The second-order valence-electron chi connectivity index (χ2n) is 2.98. The van der Waals surface area contributed by atoms with E-state index >= 15 is 0 Å². The maximum Gasteiger partial charge on any atom is 0.345 e. The van der Waals surface area contributed by atoms with E-state index in [9.17, 15) is 9.59 Å². The largest absolute Gasteiger partial charge is 0.463 e. The van der Waals surface area contributed by atoms with E-state index in [0.717, 1.165) is 6.42 Å². The summed E-state index contributed by atoms with van der Waals surface area (Å²) in [5, 5.41) is 0. The lowest BCUT2D eigenvalue weighted by Gasteiger charge is -2.08. The first kappa shape index (κ1) is 15.2. The molecule has 0 N–H and O–H groups in total. The SMILES string of the molecule is CCC/C(C(=O)OCC)=C(\Br)C(=O)OCC. The summed E-state index contributed by atoms with van der Waals surface area (Å²) in [5.41, 5.74) is 0.336. The summed E-state index contributed by atoms with van der Waals surface area (Å²) >= 11 is 3.09. The van der Waals surface area contributed by atoms with Crippen LogP contribution in [0.3, 0.4) is 0 Å². The highest BCUT2D eigenvalue weighted by molar-refractivity contribution is 9.12. The highest BCUT2D eigenvalue weighted by Gasteiger charge is 2.20. The first-order valence-electron chi connectivity index (χ1n) is 5.31. The molecule has 16 heavy (non-hydrogen) atoms. The molecule has 92 valence electrons. The van der Waals surface area contributed by atoms with Crippen LogP contribution in [0.4, 0.5) is 0 Å². The molecule has 0 aromatic rings. The van der Waals surface area contributed by atoms with Crippen molar-refractivity contribution in [3.05, 3.63) is 10.1 Å². The van der Waals surface area contributed by atoms with Crippen molar-refractivity contribution in [2.24, 2.45) is 0 Å². The monoisotopic (exact) mass is 292 g/mol. The molecular formula is C11H17BrO4. The molecule has 0 radical (unpaired) electrons. The van der Waals surface area contributed by atoms with Gasteiger partial charge in [-0.15, -0.1) is 0 Å². The van der Waals surface area contributed by atoms with E-state index in [4.69, 9.17) is 9.47 Å². The predicted molar refractivity (Wildman–Crippen MR) is 64.1 cm³/mol. The number of ether oxygens (including phenoxy) is 2. The molecule has 5 heteroatoms. The Bertz CT molecular complexity index is 284. The van der Waals surface area contributed by atoms with E-state index in [1.165, 1.54) is 0 Å². The average molecular weight is 293 g/mol. The molecule has 0 spiro atoms. The minimum atomic E-state index is -0.529. The van der Waals surface area contributed by atoms with Crippen LogP contribution in [0.15, 0.2) is 10.1 Å². The summed E-state index contributed by atoms with van der Waals surface area (Å²) in [5.74, 6) is -0.997. The van der Waals surface area contributed by atoms with Crippen LogP contribution in [0.1, 0.15) is 33.6 Å². The van der Waals surface area contributed by atoms with Gasteiger partial charge in [-0.25, -0.2) is 9.59 Å². The van der Waals surface area contributed by atoms with Crippen LogP contribution in [-0.2, 0) is 19.1 Å². The quantitative estimate of drug-likeness (QED) is 0.558. The molecule has 0 aliphatic carbocycles. The van der Waals surface area contributed by atoms with Crippen LogP contribution in [0.25, 0.3) is 0 Å². The number of carbonyl (C=O) groups excluding carboxylic acids is 2. The van der Waals surface area contributed by atoms with Gasteiger partial charge in [0.25, 0.3) is 0 Å². The fraction of sp³-hybridized carbons (Fsp3) is 0.636. The normalized spacial score (nSPS) is 11.8. The van der Waals surface area contributed by atoms with Gasteiger partial charge in [0.2, 0.25) is 0 Å². The van der Waals surface area contributed by atoms with Crippen LogP contribution in [-0.4, -0.2) is 25.2 Å². The van der Waals surface area contributed by atoms with Crippen LogP contribution < -0.4 is 0 Å². The second kappa shape index (κ2) is 8.33. The van der Waals surface area contributed by atoms with Gasteiger partial charge in [0.05, 0.1) is 18.8 Å². The maximum atomic E-state index is 11.6. The van der Waals surface area contributed by atoms with Gasteiger partial charge in [-0.05, 0) is 36.2 Å². The molecule has 0 saturated heterocycles. The number of carbonyl (C=O) groups is 2. The van der Waals surface area contributed by atoms with Gasteiger partial charge in [0.15, 0.2) is 0 Å². The third-order valence-electron chi connectivity index (χ3n) is 1.74. The van der Waals surface area contributed by atoms with Gasteiger partial charge in [0.1, 0.15) is 4.48 Å². The Morgan fingerprint density at radius 3 is 1.94 bits per heavy atom. The van der Waals surface area contributed by atoms with Crippen molar-refractivity contribution in [2.75, 3.05) is 13.2 Å². The molecule has 0 aliphatic heterocycles. The molecule has 0 saturated carbocycles. The summed E-state index contributed by atoms with van der Waals surface area (Å²) in [6.45, 7) is 5.91. The molecule has 0 aliphatic rings. The van der Waals surface area contributed by atoms with Crippen molar-refractivity contribution in [2.45, 2.75) is 33.6 Å². The van der Waals surface area contributed by atoms with Gasteiger partial charge >= 0.3 is 11.9 Å². The minimum Gasteiger partial charge on any atom is -0.463 e. The van der Waals surface area contributed by atoms with E-state index in [-0.39, 0.29) is 17.7 Å². The Hall–Kier alpha value is -0.840. The van der Waals surface area contributed by atoms with Gasteiger partial charge in [-0.2, -0.15) is 0 Å². The minimum absolute atomic E-state index is 0.162. The van der Waals surface area contributed by atoms with Crippen molar-refractivity contribution >= 4 is 27.9 Å². The van der Waals surface area contributed by atoms with E-state index in [0.29, 0.717) is 12.0 Å². The Balaban J connectivity index is 4.90. The van der Waals surface area contributed by atoms with E-state index in [1.807, 2.05) is 6.92 Å². The molecule has 4 nitrogen and oxygen atoms in total. The van der Waals surface area contributed by atoms with Crippen LogP contribution in [0, 0.1) is 0 Å². The third kappa shape index (κ3) is 4.79. The first-order chi connectivity index (χ1) is 7.58. The highest BCUT2D eigenvalue weighted by Crippen LogP contribution is 2.20. The molecule has 0 bridgehead atoms. The molecule has 0 amide bonds. The summed E-state index contributed by atoms with van der Waals surface area (Å²) in [6, 6.07) is 0. The number of hydrogen-bond acceptors (Lipinski definition) is 4. The molecule has 0 fully saturated rings. The zero-order valence-corrected chi connectivity index (χ0v) is 11.4. The molecule has 0 rings (SSSR count). The van der Waals surface area contributed by atoms with E-state index < -0.39 is 11.9 Å². The topological polar surface area (TPSA) is 52.6 Å². The summed E-state index contributed by atoms with van der Waals surface area (Å²) in [6.07, 6.45) is 1.24.